The van der Waals surface area contributed by atoms with Crippen molar-refractivity contribution in [2.75, 3.05) is 6.61 Å². The van der Waals surface area contributed by atoms with Crippen LogP contribution in [-0.2, 0) is 23.9 Å². The van der Waals surface area contributed by atoms with Crippen LogP contribution in [-0.4, -0.2) is 30.4 Å². The summed E-state index contributed by atoms with van der Waals surface area (Å²) in [5.74, 6) is -0.350. The van der Waals surface area contributed by atoms with Crippen molar-refractivity contribution in [3.8, 4) is 0 Å². The Hall–Kier alpha value is -1.91. The van der Waals surface area contributed by atoms with Gasteiger partial charge in [-0.2, -0.15) is 0 Å². The quantitative estimate of drug-likeness (QED) is 0.652. The molecule has 0 saturated heterocycles. The third kappa shape index (κ3) is 3.80. The lowest BCUT2D eigenvalue weighted by molar-refractivity contribution is -0.176. The van der Waals surface area contributed by atoms with Gasteiger partial charge in [0.1, 0.15) is 12.7 Å². The molecule has 0 aromatic rings. The Morgan fingerprint density at radius 2 is 1.86 bits per heavy atom. The largest absolute Gasteiger partial charge is 0.462 e. The van der Waals surface area contributed by atoms with E-state index < -0.39 is 5.97 Å². The molecule has 5 atom stereocenters. The van der Waals surface area contributed by atoms with Gasteiger partial charge in [-0.3, -0.25) is 14.4 Å². The average Bonchev–Trinajstić information content (AvgIpc) is 2.60. The number of hydrogen-bond acceptors (Lipinski definition) is 5. The van der Waals surface area contributed by atoms with Gasteiger partial charge in [-0.15, -0.1) is 0 Å². The summed E-state index contributed by atoms with van der Waals surface area (Å²) >= 11 is 0. The Morgan fingerprint density at radius 1 is 1.17 bits per heavy atom. The predicted octanol–water partition coefficient (Wildman–Crippen LogP) is 4.41. The third-order valence-corrected chi connectivity index (χ3v) is 7.83. The minimum absolute atomic E-state index is 0.0209. The molecular weight excluding hydrogens is 368 g/mol. The number of carbonyl (C=O) groups is 3. The molecule has 3 aliphatic carbocycles. The number of allylic oxidation sites excluding steroid dienone is 2. The van der Waals surface area contributed by atoms with Crippen LogP contribution in [0.25, 0.3) is 0 Å². The van der Waals surface area contributed by atoms with E-state index in [4.69, 9.17) is 9.47 Å². The molecule has 0 aromatic heterocycles. The zero-order chi connectivity index (χ0) is 21.6. The Bertz CT molecular complexity index is 761. The molecule has 0 radical (unpaired) electrons. The van der Waals surface area contributed by atoms with Crippen molar-refractivity contribution in [1.29, 1.82) is 0 Å². The highest BCUT2D eigenvalue weighted by Crippen LogP contribution is 2.64. The first-order chi connectivity index (χ1) is 13.5. The van der Waals surface area contributed by atoms with E-state index in [1.165, 1.54) is 13.8 Å². The van der Waals surface area contributed by atoms with E-state index in [0.29, 0.717) is 17.9 Å². The van der Waals surface area contributed by atoms with Crippen LogP contribution in [0.15, 0.2) is 23.8 Å². The molecule has 0 bridgehead atoms. The molecule has 0 amide bonds. The maximum atomic E-state index is 13.1. The molecule has 0 unspecified atom stereocenters. The van der Waals surface area contributed by atoms with E-state index in [-0.39, 0.29) is 47.1 Å². The van der Waals surface area contributed by atoms with Gasteiger partial charge < -0.3 is 9.47 Å². The van der Waals surface area contributed by atoms with E-state index in [9.17, 15) is 14.4 Å². The molecule has 3 rings (SSSR count). The Kier molecular flexibility index (Phi) is 5.81. The second-order valence-corrected chi connectivity index (χ2v) is 9.97. The maximum Gasteiger partial charge on any atom is 0.302 e. The zero-order valence-corrected chi connectivity index (χ0v) is 18.4. The SMILES string of the molecule is C=CC1=C(COC(C)=O)[C@@H]2[C@@H](OC(C)=O)C[C@H]3C(C)(C)CCC[C@]3(C)[C@H]2CC1=O. The Labute approximate surface area is 173 Å². The van der Waals surface area contributed by atoms with Crippen LogP contribution < -0.4 is 0 Å². The molecule has 29 heavy (non-hydrogen) atoms. The van der Waals surface area contributed by atoms with Gasteiger partial charge in [0.05, 0.1) is 0 Å². The van der Waals surface area contributed by atoms with Crippen molar-refractivity contribution >= 4 is 17.7 Å². The number of ether oxygens (including phenoxy) is 2. The lowest BCUT2D eigenvalue weighted by Gasteiger charge is -2.62. The summed E-state index contributed by atoms with van der Waals surface area (Å²) < 4.78 is 11.2. The highest BCUT2D eigenvalue weighted by Gasteiger charge is 2.60. The Balaban J connectivity index is 2.12. The van der Waals surface area contributed by atoms with Crippen LogP contribution >= 0.6 is 0 Å². The molecule has 2 saturated carbocycles. The van der Waals surface area contributed by atoms with Crippen LogP contribution in [0.3, 0.4) is 0 Å². The van der Waals surface area contributed by atoms with Gasteiger partial charge in [-0.25, -0.2) is 0 Å². The van der Waals surface area contributed by atoms with Crippen LogP contribution in [0, 0.1) is 28.6 Å². The normalized spacial score (nSPS) is 36.0. The first kappa shape index (κ1) is 21.8. The predicted molar refractivity (Wildman–Crippen MR) is 110 cm³/mol. The number of esters is 2. The molecule has 0 spiro atoms. The number of hydrogen-bond donors (Lipinski definition) is 0. The van der Waals surface area contributed by atoms with Crippen LogP contribution in [0.5, 0.6) is 0 Å². The van der Waals surface area contributed by atoms with Crippen LogP contribution in [0.2, 0.25) is 0 Å². The van der Waals surface area contributed by atoms with Crippen molar-refractivity contribution < 1.29 is 23.9 Å². The minimum Gasteiger partial charge on any atom is -0.462 e. The van der Waals surface area contributed by atoms with Gasteiger partial charge in [-0.05, 0) is 47.5 Å². The summed E-state index contributed by atoms with van der Waals surface area (Å²) in [4.78, 5) is 36.5. The molecule has 5 heteroatoms. The van der Waals surface area contributed by atoms with Crippen molar-refractivity contribution in [3.63, 3.8) is 0 Å². The number of rotatable bonds is 4. The molecule has 2 fully saturated rings. The van der Waals surface area contributed by atoms with E-state index in [1.807, 2.05) is 0 Å². The van der Waals surface area contributed by atoms with E-state index >= 15 is 0 Å². The monoisotopic (exact) mass is 402 g/mol. The topological polar surface area (TPSA) is 69.7 Å². The zero-order valence-electron chi connectivity index (χ0n) is 18.4. The maximum absolute atomic E-state index is 13.1. The third-order valence-electron chi connectivity index (χ3n) is 7.83. The summed E-state index contributed by atoms with van der Waals surface area (Å²) in [7, 11) is 0. The summed E-state index contributed by atoms with van der Waals surface area (Å²) in [5, 5.41) is 0. The molecular formula is C24H34O5. The fraction of sp³-hybridized carbons (Fsp3) is 0.708. The second-order valence-electron chi connectivity index (χ2n) is 9.97. The van der Waals surface area contributed by atoms with Crippen LogP contribution in [0.1, 0.15) is 66.7 Å². The Morgan fingerprint density at radius 3 is 2.45 bits per heavy atom. The smallest absolute Gasteiger partial charge is 0.302 e. The van der Waals surface area contributed by atoms with Gasteiger partial charge >= 0.3 is 11.9 Å². The molecule has 0 N–H and O–H groups in total. The van der Waals surface area contributed by atoms with Gasteiger partial charge in [0.15, 0.2) is 5.78 Å². The molecule has 3 aliphatic rings. The first-order valence-corrected chi connectivity index (χ1v) is 10.7. The second kappa shape index (κ2) is 7.73. The molecule has 0 aliphatic heterocycles. The van der Waals surface area contributed by atoms with Crippen molar-refractivity contribution in [2.24, 2.45) is 28.6 Å². The number of carbonyl (C=O) groups excluding carboxylic acids is 3. The summed E-state index contributed by atoms with van der Waals surface area (Å²) in [6.45, 7) is 13.6. The number of fused-ring (bicyclic) bond motifs is 3. The molecule has 0 heterocycles. The van der Waals surface area contributed by atoms with Crippen LogP contribution in [0.4, 0.5) is 0 Å². The summed E-state index contributed by atoms with van der Waals surface area (Å²) in [5.41, 5.74) is 1.40. The molecule has 160 valence electrons. The van der Waals surface area contributed by atoms with E-state index in [2.05, 4.69) is 27.4 Å². The number of Topliss-reactive ketones (excluding diaryl/α,β-unsaturated/α-hetero) is 1. The van der Waals surface area contributed by atoms with Crippen molar-refractivity contribution in [3.05, 3.63) is 23.8 Å². The first-order valence-electron chi connectivity index (χ1n) is 10.7. The summed E-state index contributed by atoms with van der Waals surface area (Å²) in [6.07, 6.45) is 5.78. The van der Waals surface area contributed by atoms with Crippen molar-refractivity contribution in [1.82, 2.24) is 0 Å². The summed E-state index contributed by atoms with van der Waals surface area (Å²) in [6, 6.07) is 0. The minimum atomic E-state index is -0.391. The number of ketones is 1. The van der Waals surface area contributed by atoms with Crippen molar-refractivity contribution in [2.45, 2.75) is 72.8 Å². The highest BCUT2D eigenvalue weighted by atomic mass is 16.5. The molecule has 0 aromatic carbocycles. The highest BCUT2D eigenvalue weighted by molar-refractivity contribution is 6.00. The standard InChI is InChI=1S/C24H34O5/c1-7-16-17(13-28-14(2)25)22-18(11-19(16)27)24(6)10-8-9-23(4,5)21(24)12-20(22)29-15(3)26/h7,18,20-22H,1,8-13H2,2-6H3/t18-,20-,21-,22-,24+/m0/s1. The van der Waals surface area contributed by atoms with Gasteiger partial charge in [0, 0.05) is 31.8 Å². The van der Waals surface area contributed by atoms with Gasteiger partial charge in [-0.1, -0.05) is 39.8 Å². The average molecular weight is 403 g/mol. The lowest BCUT2D eigenvalue weighted by atomic mass is 9.43. The van der Waals surface area contributed by atoms with E-state index in [1.54, 1.807) is 6.08 Å². The molecule has 5 nitrogen and oxygen atoms in total. The fourth-order valence-electron chi connectivity index (χ4n) is 6.67. The van der Waals surface area contributed by atoms with E-state index in [0.717, 1.165) is 31.3 Å². The van der Waals surface area contributed by atoms with Gasteiger partial charge in [0.2, 0.25) is 0 Å². The van der Waals surface area contributed by atoms with Gasteiger partial charge in [0.25, 0.3) is 0 Å². The fourth-order valence-corrected chi connectivity index (χ4v) is 6.67. The lowest BCUT2D eigenvalue weighted by Crippen LogP contribution is -2.58.